The number of rotatable bonds is 7. The van der Waals surface area contributed by atoms with Gasteiger partial charge >= 0.3 is 6.03 Å². The zero-order valence-corrected chi connectivity index (χ0v) is 16.4. The van der Waals surface area contributed by atoms with Gasteiger partial charge in [-0.05, 0) is 12.5 Å². The van der Waals surface area contributed by atoms with Gasteiger partial charge in [0.05, 0.1) is 31.8 Å². The van der Waals surface area contributed by atoms with Gasteiger partial charge in [0.1, 0.15) is 10.9 Å². The molecule has 0 aliphatic carbocycles. The average molecular weight is 401 g/mol. The number of carbonyl (C=O) groups is 2. The lowest BCUT2D eigenvalue weighted by Gasteiger charge is -2.25. The van der Waals surface area contributed by atoms with E-state index in [2.05, 4.69) is 10.2 Å². The number of morpholine rings is 1. The smallest absolute Gasteiger partial charge is 0.324 e. The van der Waals surface area contributed by atoms with Gasteiger partial charge in [-0.2, -0.15) is 0 Å². The number of imide groups is 1. The van der Waals surface area contributed by atoms with E-state index in [0.29, 0.717) is 13.1 Å². The third-order valence-electron chi connectivity index (χ3n) is 4.79. The van der Waals surface area contributed by atoms with Crippen LogP contribution in [0.15, 0.2) is 29.3 Å². The molecule has 8 nitrogen and oxygen atoms in total. The van der Waals surface area contributed by atoms with Crippen molar-refractivity contribution < 1.29 is 14.3 Å². The number of fused-ring (bicyclic) bond motifs is 1. The molecule has 4 rings (SSSR count). The van der Waals surface area contributed by atoms with E-state index in [1.165, 1.54) is 4.90 Å². The van der Waals surface area contributed by atoms with Crippen LogP contribution in [0.4, 0.5) is 4.79 Å². The van der Waals surface area contributed by atoms with Crippen molar-refractivity contribution in [3.63, 3.8) is 0 Å². The third kappa shape index (κ3) is 4.43. The van der Waals surface area contributed by atoms with Crippen molar-refractivity contribution in [1.82, 2.24) is 25.1 Å². The van der Waals surface area contributed by atoms with Gasteiger partial charge in [-0.3, -0.25) is 14.6 Å². The molecule has 2 fully saturated rings. The fraction of sp³-hybridized carbons (Fsp3) is 0.474. The Morgan fingerprint density at radius 3 is 2.75 bits per heavy atom. The van der Waals surface area contributed by atoms with E-state index in [9.17, 15) is 9.59 Å². The summed E-state index contributed by atoms with van der Waals surface area (Å²) in [4.78, 5) is 36.4. The van der Waals surface area contributed by atoms with Crippen LogP contribution in [-0.2, 0) is 16.1 Å². The Hall–Kier alpha value is -2.23. The quantitative estimate of drug-likeness (QED) is 0.326. The Morgan fingerprint density at radius 1 is 1.14 bits per heavy atom. The maximum absolute atomic E-state index is 11.7. The lowest BCUT2D eigenvalue weighted by Crippen LogP contribution is -2.36. The van der Waals surface area contributed by atoms with Gasteiger partial charge in [0.15, 0.2) is 0 Å². The van der Waals surface area contributed by atoms with Gasteiger partial charge in [0, 0.05) is 30.8 Å². The Kier molecular flexibility index (Phi) is 6.04. The zero-order valence-electron chi connectivity index (χ0n) is 15.6. The van der Waals surface area contributed by atoms with Crippen molar-refractivity contribution in [2.45, 2.75) is 18.0 Å². The monoisotopic (exact) mass is 401 g/mol. The summed E-state index contributed by atoms with van der Waals surface area (Å²) in [5.74, 6) is 1.43. The Morgan fingerprint density at radius 2 is 1.96 bits per heavy atom. The molecule has 2 aliphatic heterocycles. The Balaban J connectivity index is 1.42. The number of urea groups is 1. The van der Waals surface area contributed by atoms with Gasteiger partial charge in [0.25, 0.3) is 0 Å². The number of aromatic nitrogens is 2. The molecule has 0 saturated carbocycles. The Bertz CT molecular complexity index is 856. The van der Waals surface area contributed by atoms with Crippen LogP contribution in [0.2, 0.25) is 0 Å². The number of benzene rings is 1. The van der Waals surface area contributed by atoms with Crippen LogP contribution in [0.1, 0.15) is 12.2 Å². The van der Waals surface area contributed by atoms with Gasteiger partial charge in [-0.15, -0.1) is 11.8 Å². The minimum Gasteiger partial charge on any atom is -0.379 e. The normalized spacial score (nSPS) is 18.1. The van der Waals surface area contributed by atoms with E-state index in [4.69, 9.17) is 14.7 Å². The van der Waals surface area contributed by atoms with Crippen molar-refractivity contribution in [2.24, 2.45) is 0 Å². The summed E-state index contributed by atoms with van der Waals surface area (Å²) in [6.07, 6.45) is 0.723. The molecule has 1 aromatic carbocycles. The molecule has 3 amide bonds. The second-order valence-electron chi connectivity index (χ2n) is 6.76. The summed E-state index contributed by atoms with van der Waals surface area (Å²) in [7, 11) is 0. The van der Waals surface area contributed by atoms with Crippen LogP contribution in [0, 0.1) is 0 Å². The zero-order chi connectivity index (χ0) is 19.3. The first-order valence-corrected chi connectivity index (χ1v) is 10.5. The second kappa shape index (κ2) is 8.85. The summed E-state index contributed by atoms with van der Waals surface area (Å²) >= 11 is 1.65. The van der Waals surface area contributed by atoms with E-state index in [1.807, 2.05) is 24.3 Å². The summed E-state index contributed by atoms with van der Waals surface area (Å²) in [6, 6.07) is 7.73. The maximum Gasteiger partial charge on any atom is 0.324 e. The molecule has 0 radical (unpaired) electrons. The SMILES string of the molecule is O=C1CNC(=O)N1CCCSc1nc(CN2CCOCC2)nc2ccccc12. The number of amides is 3. The van der Waals surface area contributed by atoms with E-state index in [1.54, 1.807) is 11.8 Å². The van der Waals surface area contributed by atoms with Crippen molar-refractivity contribution in [2.75, 3.05) is 45.1 Å². The minimum atomic E-state index is -0.296. The van der Waals surface area contributed by atoms with E-state index in [-0.39, 0.29) is 18.5 Å². The first-order chi connectivity index (χ1) is 13.7. The lowest BCUT2D eigenvalue weighted by atomic mass is 10.2. The molecule has 148 valence electrons. The highest BCUT2D eigenvalue weighted by atomic mass is 32.2. The molecule has 2 saturated heterocycles. The van der Waals surface area contributed by atoms with Gasteiger partial charge in [0.2, 0.25) is 5.91 Å². The van der Waals surface area contributed by atoms with Crippen molar-refractivity contribution in [3.05, 3.63) is 30.1 Å². The van der Waals surface area contributed by atoms with Crippen molar-refractivity contribution >= 4 is 34.6 Å². The summed E-state index contributed by atoms with van der Waals surface area (Å²) < 4.78 is 5.41. The van der Waals surface area contributed by atoms with Crippen molar-refractivity contribution in [3.8, 4) is 0 Å². The summed E-state index contributed by atoms with van der Waals surface area (Å²) in [5.41, 5.74) is 0.942. The molecule has 0 atom stereocenters. The molecule has 9 heteroatoms. The van der Waals surface area contributed by atoms with Crippen LogP contribution in [0.25, 0.3) is 10.9 Å². The molecule has 2 aromatic rings. The molecule has 0 unspecified atom stereocenters. The topological polar surface area (TPSA) is 87.7 Å². The van der Waals surface area contributed by atoms with E-state index >= 15 is 0 Å². The van der Waals surface area contributed by atoms with Crippen LogP contribution in [0.3, 0.4) is 0 Å². The first-order valence-electron chi connectivity index (χ1n) is 9.47. The minimum absolute atomic E-state index is 0.105. The number of thioether (sulfide) groups is 1. The number of nitrogens with one attached hydrogen (secondary N) is 1. The first kappa shape index (κ1) is 19.1. The van der Waals surface area contributed by atoms with Gasteiger partial charge in [-0.25, -0.2) is 14.8 Å². The largest absolute Gasteiger partial charge is 0.379 e. The molecular formula is C19H23N5O3S. The summed E-state index contributed by atoms with van der Waals surface area (Å²) in [6.45, 7) is 4.53. The van der Waals surface area contributed by atoms with Crippen LogP contribution in [0.5, 0.6) is 0 Å². The van der Waals surface area contributed by atoms with E-state index < -0.39 is 0 Å². The molecular weight excluding hydrogens is 378 g/mol. The molecule has 0 bridgehead atoms. The van der Waals surface area contributed by atoms with E-state index in [0.717, 1.165) is 60.2 Å². The number of ether oxygens (including phenoxy) is 1. The molecule has 1 aromatic heterocycles. The lowest BCUT2D eigenvalue weighted by molar-refractivity contribution is -0.124. The highest BCUT2D eigenvalue weighted by molar-refractivity contribution is 7.99. The molecule has 2 aliphatic rings. The summed E-state index contributed by atoms with van der Waals surface area (Å²) in [5, 5.41) is 4.53. The molecule has 1 N–H and O–H groups in total. The predicted molar refractivity (Wildman–Crippen MR) is 106 cm³/mol. The second-order valence-corrected chi connectivity index (χ2v) is 7.84. The molecule has 0 spiro atoms. The fourth-order valence-electron chi connectivity index (χ4n) is 3.31. The van der Waals surface area contributed by atoms with Crippen LogP contribution >= 0.6 is 11.8 Å². The number of carbonyl (C=O) groups excluding carboxylic acids is 2. The highest BCUT2D eigenvalue weighted by Gasteiger charge is 2.27. The third-order valence-corrected chi connectivity index (χ3v) is 5.86. The van der Waals surface area contributed by atoms with Gasteiger partial charge in [-0.1, -0.05) is 18.2 Å². The Labute approximate surface area is 167 Å². The van der Waals surface area contributed by atoms with Crippen LogP contribution < -0.4 is 5.32 Å². The molecule has 3 heterocycles. The number of hydrogen-bond acceptors (Lipinski definition) is 7. The molecule has 28 heavy (non-hydrogen) atoms. The number of para-hydroxylation sites is 1. The predicted octanol–water partition coefficient (Wildman–Crippen LogP) is 1.50. The number of hydrogen-bond donors (Lipinski definition) is 1. The standard InChI is InChI=1S/C19H23N5O3S/c25-17-12-20-19(26)24(17)6-3-11-28-18-14-4-1-2-5-15(14)21-16(22-18)13-23-7-9-27-10-8-23/h1-2,4-5H,3,6-13H2,(H,20,26). The maximum atomic E-state index is 11.7. The number of nitrogens with zero attached hydrogens (tertiary/aromatic N) is 4. The van der Waals surface area contributed by atoms with Crippen LogP contribution in [-0.4, -0.2) is 76.9 Å². The highest BCUT2D eigenvalue weighted by Crippen LogP contribution is 2.26. The van der Waals surface area contributed by atoms with Gasteiger partial charge < -0.3 is 10.1 Å². The average Bonchev–Trinajstić information content (AvgIpc) is 3.03. The van der Waals surface area contributed by atoms with Crippen molar-refractivity contribution in [1.29, 1.82) is 0 Å². The fourth-order valence-corrected chi connectivity index (χ4v) is 4.27.